The third-order valence-electron chi connectivity index (χ3n) is 7.51. The van der Waals surface area contributed by atoms with E-state index in [-0.39, 0.29) is 29.9 Å². The first-order valence-electron chi connectivity index (χ1n) is 12.5. The molecule has 3 unspecified atom stereocenters. The predicted molar refractivity (Wildman–Crippen MR) is 146 cm³/mol. The van der Waals surface area contributed by atoms with Crippen molar-refractivity contribution in [2.45, 2.75) is 52.4 Å². The smallest absolute Gasteiger partial charge is 0.338 e. The second-order valence-corrected chi connectivity index (χ2v) is 11.2. The van der Waals surface area contributed by atoms with Crippen LogP contribution in [0.15, 0.2) is 34.4 Å². The molecule has 1 saturated heterocycles. The van der Waals surface area contributed by atoms with Crippen LogP contribution in [0.3, 0.4) is 0 Å². The lowest BCUT2D eigenvalue weighted by molar-refractivity contribution is -0.186. The molecule has 3 atom stereocenters. The van der Waals surface area contributed by atoms with Crippen LogP contribution in [0.4, 0.5) is 0 Å². The van der Waals surface area contributed by atoms with Crippen molar-refractivity contribution in [2.24, 2.45) is 5.92 Å². The Morgan fingerprint density at radius 1 is 1.26 bits per heavy atom. The summed E-state index contributed by atoms with van der Waals surface area (Å²) in [4.78, 5) is 34.4. The molecule has 0 spiro atoms. The number of carboxylic acid groups (broad SMARTS) is 1. The number of aromatic nitrogens is 3. The van der Waals surface area contributed by atoms with E-state index in [9.17, 15) is 14.7 Å². The standard InChI is InChI=1S/C28H26ClN3O5S/c1-13-10-19(26-24(30-13)20(12-38-26)28(34)35)18-11-16(29)4-7-22(18)36-9-8-32-15(3)31-21-6-5-17-14(2)37-25(17)23(21)27(32)33/h4,7,10-12,14,17,25H,5-6,8-9H2,1-3H3,(H,34,35). The molecule has 1 aliphatic heterocycles. The number of pyridine rings is 1. The predicted octanol–water partition coefficient (Wildman–Crippen LogP) is 5.59. The fraction of sp³-hybridized carbons (Fsp3) is 0.357. The number of hydrogen-bond acceptors (Lipinski definition) is 7. The van der Waals surface area contributed by atoms with E-state index < -0.39 is 5.97 Å². The Balaban J connectivity index is 1.31. The molecule has 0 radical (unpaired) electrons. The SMILES string of the molecule is Cc1cc(-c2cc(Cl)ccc2OCCn2c(C)nc3c(c2=O)C2OC(C)C2CC3)c2scc(C(=O)O)c2n1. The highest BCUT2D eigenvalue weighted by molar-refractivity contribution is 7.18. The number of rotatable bonds is 6. The lowest BCUT2D eigenvalue weighted by Gasteiger charge is -2.46. The van der Waals surface area contributed by atoms with Gasteiger partial charge in [0, 0.05) is 33.1 Å². The quantitative estimate of drug-likeness (QED) is 0.333. The summed E-state index contributed by atoms with van der Waals surface area (Å²) in [5.74, 6) is 0.598. The minimum atomic E-state index is -1.02. The van der Waals surface area contributed by atoms with E-state index in [0.29, 0.717) is 45.8 Å². The summed E-state index contributed by atoms with van der Waals surface area (Å²) in [5, 5.41) is 11.7. The highest BCUT2D eigenvalue weighted by Gasteiger charge is 2.46. The molecule has 0 amide bonds. The third-order valence-corrected chi connectivity index (χ3v) is 8.75. The number of aromatic carboxylic acids is 1. The largest absolute Gasteiger partial charge is 0.491 e. The van der Waals surface area contributed by atoms with Crippen LogP contribution in [0.25, 0.3) is 21.3 Å². The monoisotopic (exact) mass is 551 g/mol. The topological polar surface area (TPSA) is 104 Å². The summed E-state index contributed by atoms with van der Waals surface area (Å²) in [7, 11) is 0. The fourth-order valence-electron chi connectivity index (χ4n) is 5.61. The van der Waals surface area contributed by atoms with Crippen molar-refractivity contribution in [3.8, 4) is 16.9 Å². The summed E-state index contributed by atoms with van der Waals surface area (Å²) in [5.41, 5.74) is 4.32. The number of carboxylic acids is 1. The number of fused-ring (bicyclic) bond motifs is 4. The van der Waals surface area contributed by atoms with Crippen LogP contribution >= 0.6 is 22.9 Å². The molecule has 196 valence electrons. The van der Waals surface area contributed by atoms with Crippen LogP contribution in [0.2, 0.25) is 5.02 Å². The van der Waals surface area contributed by atoms with Crippen LogP contribution in [-0.4, -0.2) is 38.3 Å². The van der Waals surface area contributed by atoms with E-state index in [1.54, 1.807) is 28.1 Å². The molecule has 10 heteroatoms. The molecular formula is C28H26ClN3O5S. The van der Waals surface area contributed by atoms with Crippen molar-refractivity contribution >= 4 is 39.1 Å². The number of carbonyl (C=O) groups is 1. The first-order chi connectivity index (χ1) is 18.2. The lowest BCUT2D eigenvalue weighted by Crippen LogP contribution is -2.48. The number of thiophene rings is 1. The Bertz CT molecular complexity index is 1660. The van der Waals surface area contributed by atoms with Gasteiger partial charge < -0.3 is 14.6 Å². The van der Waals surface area contributed by atoms with Gasteiger partial charge in [0.1, 0.15) is 18.2 Å². The van der Waals surface area contributed by atoms with Crippen molar-refractivity contribution in [3.63, 3.8) is 0 Å². The molecule has 4 aromatic rings. The van der Waals surface area contributed by atoms with E-state index in [0.717, 1.165) is 34.4 Å². The van der Waals surface area contributed by atoms with Crippen LogP contribution < -0.4 is 10.3 Å². The van der Waals surface area contributed by atoms with Gasteiger partial charge in [-0.3, -0.25) is 14.3 Å². The van der Waals surface area contributed by atoms with Gasteiger partial charge in [-0.25, -0.2) is 9.78 Å². The fourth-order valence-corrected chi connectivity index (χ4v) is 6.79. The number of nitrogens with zero attached hydrogens (tertiary/aromatic N) is 3. The van der Waals surface area contributed by atoms with Crippen molar-refractivity contribution in [2.75, 3.05) is 6.61 Å². The number of benzene rings is 1. The molecule has 4 heterocycles. The van der Waals surface area contributed by atoms with Gasteiger partial charge in [-0.15, -0.1) is 11.3 Å². The second-order valence-electron chi connectivity index (χ2n) is 9.87. The maximum atomic E-state index is 13.5. The molecular weight excluding hydrogens is 526 g/mol. The van der Waals surface area contributed by atoms with Gasteiger partial charge in [0.15, 0.2) is 0 Å². The summed E-state index contributed by atoms with van der Waals surface area (Å²) in [6.45, 7) is 6.29. The van der Waals surface area contributed by atoms with Crippen LogP contribution in [0.1, 0.15) is 52.6 Å². The number of hydrogen-bond donors (Lipinski definition) is 1. The molecule has 1 fully saturated rings. The Morgan fingerprint density at radius 2 is 2.08 bits per heavy atom. The first kappa shape index (κ1) is 25.0. The molecule has 3 aromatic heterocycles. The van der Waals surface area contributed by atoms with E-state index in [2.05, 4.69) is 11.9 Å². The second kappa shape index (κ2) is 9.48. The van der Waals surface area contributed by atoms with Gasteiger partial charge in [0.2, 0.25) is 0 Å². The zero-order valence-electron chi connectivity index (χ0n) is 21.2. The Hall–Kier alpha value is -3.27. The lowest BCUT2D eigenvalue weighted by atomic mass is 9.77. The number of ether oxygens (including phenoxy) is 2. The van der Waals surface area contributed by atoms with Crippen LogP contribution in [0.5, 0.6) is 5.75 Å². The van der Waals surface area contributed by atoms with E-state index in [1.165, 1.54) is 11.3 Å². The molecule has 1 aromatic carbocycles. The summed E-state index contributed by atoms with van der Waals surface area (Å²) >= 11 is 7.69. The molecule has 6 rings (SSSR count). The molecule has 1 aliphatic carbocycles. The normalized spacial score (nSPS) is 20.1. The van der Waals surface area contributed by atoms with Gasteiger partial charge in [0.25, 0.3) is 5.56 Å². The average Bonchev–Trinajstić information content (AvgIpc) is 3.29. The summed E-state index contributed by atoms with van der Waals surface area (Å²) in [6, 6.07) is 7.25. The minimum Gasteiger partial charge on any atom is -0.491 e. The van der Waals surface area contributed by atoms with Gasteiger partial charge in [-0.1, -0.05) is 11.6 Å². The molecule has 8 nitrogen and oxygen atoms in total. The van der Waals surface area contributed by atoms with Crippen molar-refractivity contribution in [3.05, 3.63) is 73.4 Å². The van der Waals surface area contributed by atoms with Gasteiger partial charge in [-0.2, -0.15) is 0 Å². The van der Waals surface area contributed by atoms with Gasteiger partial charge in [0.05, 0.1) is 45.8 Å². The Labute approximate surface area is 227 Å². The van der Waals surface area contributed by atoms with E-state index in [1.807, 2.05) is 19.9 Å². The van der Waals surface area contributed by atoms with Gasteiger partial charge in [-0.05, 0) is 57.9 Å². The molecule has 0 bridgehead atoms. The average molecular weight is 552 g/mol. The van der Waals surface area contributed by atoms with Gasteiger partial charge >= 0.3 is 5.97 Å². The molecule has 0 saturated carbocycles. The number of aryl methyl sites for hydroxylation is 3. The Morgan fingerprint density at radius 3 is 2.84 bits per heavy atom. The number of halogens is 1. The molecule has 38 heavy (non-hydrogen) atoms. The maximum absolute atomic E-state index is 13.5. The maximum Gasteiger partial charge on any atom is 0.338 e. The minimum absolute atomic E-state index is 0.0553. The van der Waals surface area contributed by atoms with E-state index >= 15 is 0 Å². The van der Waals surface area contributed by atoms with Crippen molar-refractivity contribution in [1.82, 2.24) is 14.5 Å². The molecule has 1 N–H and O–H groups in total. The third kappa shape index (κ3) is 4.09. The zero-order chi connectivity index (χ0) is 26.7. The van der Waals surface area contributed by atoms with Crippen LogP contribution in [0, 0.1) is 19.8 Å². The zero-order valence-corrected chi connectivity index (χ0v) is 22.7. The molecule has 2 aliphatic rings. The highest BCUT2D eigenvalue weighted by Crippen LogP contribution is 2.46. The summed E-state index contributed by atoms with van der Waals surface area (Å²) in [6.07, 6.45) is 1.81. The van der Waals surface area contributed by atoms with Crippen molar-refractivity contribution in [1.29, 1.82) is 0 Å². The summed E-state index contributed by atoms with van der Waals surface area (Å²) < 4.78 is 14.5. The Kier molecular flexibility index (Phi) is 6.25. The van der Waals surface area contributed by atoms with Crippen molar-refractivity contribution < 1.29 is 19.4 Å². The van der Waals surface area contributed by atoms with Crippen LogP contribution in [-0.2, 0) is 17.7 Å². The first-order valence-corrected chi connectivity index (χ1v) is 13.8. The van der Waals surface area contributed by atoms with E-state index in [4.69, 9.17) is 26.1 Å². The highest BCUT2D eigenvalue weighted by atomic mass is 35.5.